The smallest absolute Gasteiger partial charge is 0.271 e. The molecule has 0 aliphatic carbocycles. The highest BCUT2D eigenvalue weighted by Crippen LogP contribution is 2.29. The number of hydrogen-bond acceptors (Lipinski definition) is 5. The zero-order valence-electron chi connectivity index (χ0n) is 11.2. The predicted octanol–water partition coefficient (Wildman–Crippen LogP) is 4.13. The summed E-state index contributed by atoms with van der Waals surface area (Å²) in [5.41, 5.74) is -0.121. The van der Waals surface area contributed by atoms with E-state index in [-0.39, 0.29) is 28.8 Å². The van der Waals surface area contributed by atoms with Gasteiger partial charge in [-0.15, -0.1) is 11.3 Å². The van der Waals surface area contributed by atoms with Crippen LogP contribution in [-0.2, 0) is 6.42 Å². The number of carbonyl (C=O) groups is 1. The number of hydrogen-bond donors (Lipinski definition) is 0. The van der Waals surface area contributed by atoms with Gasteiger partial charge >= 0.3 is 0 Å². The van der Waals surface area contributed by atoms with Crippen molar-refractivity contribution >= 4 is 34.4 Å². The SMILES string of the molecule is CCc1ccc(C(=O)COc2ccc([N+](=O)[O-])cc2Cl)s1. The number of benzene rings is 1. The number of carbonyl (C=O) groups excluding carboxylic acids is 1. The second-order valence-corrected chi connectivity index (χ2v) is 5.78. The summed E-state index contributed by atoms with van der Waals surface area (Å²) >= 11 is 7.33. The summed E-state index contributed by atoms with van der Waals surface area (Å²) in [6.45, 7) is 1.87. The molecule has 0 spiro atoms. The highest BCUT2D eigenvalue weighted by Gasteiger charge is 2.13. The third-order valence-electron chi connectivity index (χ3n) is 2.77. The quantitative estimate of drug-likeness (QED) is 0.455. The fourth-order valence-corrected chi connectivity index (χ4v) is 2.75. The lowest BCUT2D eigenvalue weighted by atomic mass is 10.3. The summed E-state index contributed by atoms with van der Waals surface area (Å²) in [5.74, 6) is 0.108. The number of ether oxygens (including phenoxy) is 1. The van der Waals surface area contributed by atoms with E-state index in [2.05, 4.69) is 0 Å². The van der Waals surface area contributed by atoms with Crippen molar-refractivity contribution in [3.05, 3.63) is 55.2 Å². The molecule has 21 heavy (non-hydrogen) atoms. The van der Waals surface area contributed by atoms with Crippen LogP contribution in [0.2, 0.25) is 5.02 Å². The van der Waals surface area contributed by atoms with E-state index in [9.17, 15) is 14.9 Å². The average molecular weight is 326 g/mol. The summed E-state index contributed by atoms with van der Waals surface area (Å²) in [7, 11) is 0. The van der Waals surface area contributed by atoms with E-state index in [1.54, 1.807) is 6.07 Å². The monoisotopic (exact) mass is 325 g/mol. The molecule has 0 bridgehead atoms. The summed E-state index contributed by atoms with van der Waals surface area (Å²) in [6.07, 6.45) is 0.882. The summed E-state index contributed by atoms with van der Waals surface area (Å²) in [4.78, 5) is 23.8. The Morgan fingerprint density at radius 2 is 2.14 bits per heavy atom. The molecule has 0 aliphatic heterocycles. The number of ketones is 1. The van der Waals surface area contributed by atoms with Gasteiger partial charge in [-0.2, -0.15) is 0 Å². The Balaban J connectivity index is 2.02. The van der Waals surface area contributed by atoms with E-state index in [1.807, 2.05) is 13.0 Å². The average Bonchev–Trinajstić information content (AvgIpc) is 2.94. The van der Waals surface area contributed by atoms with Gasteiger partial charge in [0.2, 0.25) is 5.78 Å². The zero-order chi connectivity index (χ0) is 15.4. The molecule has 5 nitrogen and oxygen atoms in total. The zero-order valence-corrected chi connectivity index (χ0v) is 12.7. The van der Waals surface area contributed by atoms with Gasteiger partial charge in [0.15, 0.2) is 6.61 Å². The normalized spacial score (nSPS) is 10.4. The Labute approximate surface area is 130 Å². The Morgan fingerprint density at radius 3 is 2.71 bits per heavy atom. The van der Waals surface area contributed by atoms with E-state index in [4.69, 9.17) is 16.3 Å². The van der Waals surface area contributed by atoms with Gasteiger partial charge in [-0.3, -0.25) is 14.9 Å². The molecule has 0 atom stereocenters. The molecule has 0 fully saturated rings. The predicted molar refractivity (Wildman–Crippen MR) is 81.6 cm³/mol. The molecule has 2 aromatic rings. The molecule has 0 unspecified atom stereocenters. The van der Waals surface area contributed by atoms with E-state index >= 15 is 0 Å². The van der Waals surface area contributed by atoms with Crippen LogP contribution in [0.5, 0.6) is 5.75 Å². The number of nitro benzene ring substituents is 1. The van der Waals surface area contributed by atoms with Crippen LogP contribution in [0.3, 0.4) is 0 Å². The van der Waals surface area contributed by atoms with E-state index in [0.717, 1.165) is 11.3 Å². The van der Waals surface area contributed by atoms with Crippen LogP contribution in [0, 0.1) is 10.1 Å². The van der Waals surface area contributed by atoms with Crippen molar-refractivity contribution in [2.45, 2.75) is 13.3 Å². The Bertz CT molecular complexity index is 683. The molecule has 0 radical (unpaired) electrons. The molecule has 0 saturated heterocycles. The van der Waals surface area contributed by atoms with Gasteiger partial charge in [0.25, 0.3) is 5.69 Å². The Hall–Kier alpha value is -1.92. The molecule has 0 amide bonds. The third-order valence-corrected chi connectivity index (χ3v) is 4.34. The van der Waals surface area contributed by atoms with Crippen molar-refractivity contribution in [1.82, 2.24) is 0 Å². The molecule has 110 valence electrons. The van der Waals surface area contributed by atoms with Crippen LogP contribution >= 0.6 is 22.9 Å². The Morgan fingerprint density at radius 1 is 1.38 bits per heavy atom. The van der Waals surface area contributed by atoms with Crippen LogP contribution in [0.1, 0.15) is 21.5 Å². The highest BCUT2D eigenvalue weighted by molar-refractivity contribution is 7.14. The molecule has 0 saturated carbocycles. The molecule has 7 heteroatoms. The number of aryl methyl sites for hydroxylation is 1. The van der Waals surface area contributed by atoms with Gasteiger partial charge in [0.05, 0.1) is 14.8 Å². The van der Waals surface area contributed by atoms with Crippen molar-refractivity contribution in [2.24, 2.45) is 0 Å². The number of nitro groups is 1. The molecule has 1 aromatic carbocycles. The first-order chi connectivity index (χ1) is 10.0. The fourth-order valence-electron chi connectivity index (χ4n) is 1.65. The Kier molecular flexibility index (Phi) is 4.93. The van der Waals surface area contributed by atoms with Gasteiger partial charge in [-0.1, -0.05) is 18.5 Å². The summed E-state index contributed by atoms with van der Waals surface area (Å²) in [6, 6.07) is 7.55. The lowest BCUT2D eigenvalue weighted by molar-refractivity contribution is -0.384. The van der Waals surface area contributed by atoms with Crippen LogP contribution in [-0.4, -0.2) is 17.3 Å². The first kappa shape index (κ1) is 15.5. The van der Waals surface area contributed by atoms with E-state index in [1.165, 1.54) is 29.5 Å². The minimum Gasteiger partial charge on any atom is -0.484 e. The highest BCUT2D eigenvalue weighted by atomic mass is 35.5. The third kappa shape index (κ3) is 3.80. The van der Waals surface area contributed by atoms with Gasteiger partial charge in [-0.25, -0.2) is 0 Å². The van der Waals surface area contributed by atoms with Crippen molar-refractivity contribution < 1.29 is 14.5 Å². The van der Waals surface area contributed by atoms with Gasteiger partial charge in [0.1, 0.15) is 5.75 Å². The number of nitrogens with zero attached hydrogens (tertiary/aromatic N) is 1. The molecule has 1 aromatic heterocycles. The number of halogens is 1. The van der Waals surface area contributed by atoms with Crippen molar-refractivity contribution in [2.75, 3.05) is 6.61 Å². The topological polar surface area (TPSA) is 69.4 Å². The maximum atomic E-state index is 12.0. The maximum Gasteiger partial charge on any atom is 0.271 e. The summed E-state index contributed by atoms with van der Waals surface area (Å²) < 4.78 is 5.33. The standard InChI is InChI=1S/C14H12ClNO4S/c1-2-10-4-6-14(21-10)12(17)8-20-13-5-3-9(16(18)19)7-11(13)15/h3-7H,2,8H2,1H3. The molecular formula is C14H12ClNO4S. The van der Waals surface area contributed by atoms with Crippen LogP contribution in [0.25, 0.3) is 0 Å². The van der Waals surface area contributed by atoms with Crippen molar-refractivity contribution in [3.8, 4) is 5.75 Å². The van der Waals surface area contributed by atoms with Crippen LogP contribution in [0.15, 0.2) is 30.3 Å². The number of thiophene rings is 1. The lowest BCUT2D eigenvalue weighted by Crippen LogP contribution is -2.10. The lowest BCUT2D eigenvalue weighted by Gasteiger charge is -2.06. The molecule has 0 aliphatic rings. The van der Waals surface area contributed by atoms with Crippen LogP contribution < -0.4 is 4.74 Å². The van der Waals surface area contributed by atoms with Gasteiger partial charge in [0, 0.05) is 17.0 Å². The van der Waals surface area contributed by atoms with Gasteiger partial charge < -0.3 is 4.74 Å². The van der Waals surface area contributed by atoms with Crippen LogP contribution in [0.4, 0.5) is 5.69 Å². The number of non-ortho nitro benzene ring substituents is 1. The van der Waals surface area contributed by atoms with Crippen molar-refractivity contribution in [1.29, 1.82) is 0 Å². The van der Waals surface area contributed by atoms with E-state index < -0.39 is 4.92 Å². The second kappa shape index (κ2) is 6.69. The van der Waals surface area contributed by atoms with Gasteiger partial charge in [-0.05, 0) is 24.6 Å². The largest absolute Gasteiger partial charge is 0.484 e. The van der Waals surface area contributed by atoms with Crippen molar-refractivity contribution in [3.63, 3.8) is 0 Å². The maximum absolute atomic E-state index is 12.0. The molecular weight excluding hydrogens is 314 g/mol. The first-order valence-electron chi connectivity index (χ1n) is 6.20. The molecule has 0 N–H and O–H groups in total. The number of Topliss-reactive ketones (excluding diaryl/α,β-unsaturated/α-hetero) is 1. The minimum absolute atomic E-state index is 0.109. The van der Waals surface area contributed by atoms with E-state index in [0.29, 0.717) is 4.88 Å². The summed E-state index contributed by atoms with van der Waals surface area (Å²) in [5, 5.41) is 10.7. The minimum atomic E-state index is -0.543. The fraction of sp³-hybridized carbons (Fsp3) is 0.214. The molecule has 2 rings (SSSR count). The second-order valence-electron chi connectivity index (χ2n) is 4.20. The first-order valence-corrected chi connectivity index (χ1v) is 7.39. The molecule has 1 heterocycles. The number of rotatable bonds is 6.